The van der Waals surface area contributed by atoms with Crippen molar-refractivity contribution < 1.29 is 8.83 Å². The molecule has 3 nitrogen and oxygen atoms in total. The fourth-order valence-corrected chi connectivity index (χ4v) is 13.0. The number of hydrogen-bond donors (Lipinski definition) is 0. The van der Waals surface area contributed by atoms with E-state index in [4.69, 9.17) is 8.83 Å². The highest BCUT2D eigenvalue weighted by Gasteiger charge is 2.42. The van der Waals surface area contributed by atoms with E-state index in [9.17, 15) is 0 Å². The Morgan fingerprint density at radius 1 is 0.597 bits per heavy atom. The molecule has 8 aromatic carbocycles. The maximum absolute atomic E-state index is 7.04. The molecular formula is C63H45NO2S. The van der Waals surface area contributed by atoms with E-state index in [2.05, 4.69) is 219 Å². The predicted molar refractivity (Wildman–Crippen MR) is 282 cm³/mol. The van der Waals surface area contributed by atoms with E-state index < -0.39 is 0 Å². The molecule has 0 aliphatic heterocycles. The van der Waals surface area contributed by atoms with Crippen LogP contribution >= 0.6 is 11.3 Å². The van der Waals surface area contributed by atoms with Crippen molar-refractivity contribution in [3.05, 3.63) is 234 Å². The second kappa shape index (κ2) is 14.7. The van der Waals surface area contributed by atoms with Crippen LogP contribution in [0, 0.1) is 0 Å². The molecule has 14 rings (SSSR count). The molecule has 67 heavy (non-hydrogen) atoms. The van der Waals surface area contributed by atoms with Gasteiger partial charge < -0.3 is 13.7 Å². The molecule has 0 saturated carbocycles. The van der Waals surface area contributed by atoms with Crippen LogP contribution in [0.2, 0.25) is 0 Å². The van der Waals surface area contributed by atoms with Crippen LogP contribution in [0.3, 0.4) is 0 Å². The average Bonchev–Trinajstić information content (AvgIpc) is 4.12. The van der Waals surface area contributed by atoms with Crippen molar-refractivity contribution in [1.29, 1.82) is 0 Å². The monoisotopic (exact) mass is 879 g/mol. The van der Waals surface area contributed by atoms with Crippen LogP contribution in [-0.2, 0) is 5.41 Å². The van der Waals surface area contributed by atoms with Crippen LogP contribution in [0.4, 0.5) is 11.4 Å². The van der Waals surface area contributed by atoms with Gasteiger partial charge in [-0.05, 0) is 101 Å². The smallest absolute Gasteiger partial charge is 0.144 e. The van der Waals surface area contributed by atoms with Gasteiger partial charge in [-0.25, -0.2) is 0 Å². The zero-order valence-corrected chi connectivity index (χ0v) is 38.1. The Balaban J connectivity index is 0.935. The molecule has 2 unspecified atom stereocenters. The molecule has 3 heterocycles. The third-order valence-electron chi connectivity index (χ3n) is 15.0. The molecule has 11 aromatic rings. The standard InChI is InChI=1S/C63H45NO2S/c1-63(2)53-20-9-6-15-46(53)47-33-31-44(36-54(47)63)64(42-29-27-40(28-30-42)45-18-12-19-49-48-16-8-11-22-58(48)67-62(45)49)43-32-34-56-51(35-43)52-37-57-60(50-17-7-10-21-55(50)65-57)59(61(52)66-56)41-25-23-39(24-26-41)38-13-4-3-5-14-38/h3-23,25-32,34-37,39,47H,24,33H2,1-2H3. The van der Waals surface area contributed by atoms with Gasteiger partial charge in [-0.3, -0.25) is 0 Å². The van der Waals surface area contributed by atoms with Crippen molar-refractivity contribution >= 4 is 92.3 Å². The zero-order chi connectivity index (χ0) is 44.4. The summed E-state index contributed by atoms with van der Waals surface area (Å²) in [5.41, 5.74) is 17.2. The predicted octanol–water partition coefficient (Wildman–Crippen LogP) is 18.1. The van der Waals surface area contributed by atoms with E-state index in [0.717, 1.165) is 79.2 Å². The highest BCUT2D eigenvalue weighted by molar-refractivity contribution is 7.26. The van der Waals surface area contributed by atoms with Gasteiger partial charge in [0.1, 0.15) is 22.3 Å². The Morgan fingerprint density at radius 3 is 2.22 bits per heavy atom. The Labute approximate surface area is 392 Å². The summed E-state index contributed by atoms with van der Waals surface area (Å²) in [6, 6.07) is 61.9. The van der Waals surface area contributed by atoms with Crippen LogP contribution in [0.25, 0.3) is 80.7 Å². The molecule has 320 valence electrons. The van der Waals surface area contributed by atoms with Gasteiger partial charge in [0.15, 0.2) is 0 Å². The fourth-order valence-electron chi connectivity index (χ4n) is 11.8. The molecule has 0 fully saturated rings. The molecule has 3 aliphatic rings. The summed E-state index contributed by atoms with van der Waals surface area (Å²) in [4.78, 5) is 2.46. The zero-order valence-electron chi connectivity index (χ0n) is 37.3. The van der Waals surface area contributed by atoms with Gasteiger partial charge in [0.05, 0.1) is 0 Å². The average molecular weight is 880 g/mol. The maximum atomic E-state index is 7.04. The Bertz CT molecular complexity index is 3960. The number of furan rings is 2. The molecule has 3 aromatic heterocycles. The van der Waals surface area contributed by atoms with Crippen LogP contribution in [0.5, 0.6) is 0 Å². The second-order valence-electron chi connectivity index (χ2n) is 19.0. The van der Waals surface area contributed by atoms with Crippen LogP contribution in [-0.4, -0.2) is 0 Å². The van der Waals surface area contributed by atoms with Gasteiger partial charge in [-0.15, -0.1) is 11.3 Å². The van der Waals surface area contributed by atoms with E-state index in [0.29, 0.717) is 11.8 Å². The lowest BCUT2D eigenvalue weighted by Gasteiger charge is -2.33. The number of allylic oxidation sites excluding steroid dienone is 7. The number of benzene rings is 8. The summed E-state index contributed by atoms with van der Waals surface area (Å²) in [5.74, 6) is 0.698. The minimum Gasteiger partial charge on any atom is -0.456 e. The molecule has 4 heteroatoms. The first-order valence-corrected chi connectivity index (χ1v) is 24.3. The van der Waals surface area contributed by atoms with E-state index in [1.54, 1.807) is 0 Å². The molecule has 0 amide bonds. The van der Waals surface area contributed by atoms with Gasteiger partial charge >= 0.3 is 0 Å². The first-order valence-electron chi connectivity index (χ1n) is 23.5. The van der Waals surface area contributed by atoms with Gasteiger partial charge in [0.2, 0.25) is 0 Å². The second-order valence-corrected chi connectivity index (χ2v) is 20.1. The summed E-state index contributed by atoms with van der Waals surface area (Å²) in [6.07, 6.45) is 13.8. The lowest BCUT2D eigenvalue weighted by molar-refractivity contribution is 0.609. The molecule has 0 radical (unpaired) electrons. The van der Waals surface area contributed by atoms with Crippen LogP contribution in [0.15, 0.2) is 220 Å². The Hall–Kier alpha value is -7.66. The molecule has 0 saturated heterocycles. The number of anilines is 2. The summed E-state index contributed by atoms with van der Waals surface area (Å²) in [5, 5.41) is 6.94. The third kappa shape index (κ3) is 5.89. The number of nitrogens with zero attached hydrogens (tertiary/aromatic N) is 1. The largest absolute Gasteiger partial charge is 0.456 e. The van der Waals surface area contributed by atoms with Gasteiger partial charge in [0.25, 0.3) is 0 Å². The van der Waals surface area contributed by atoms with Crippen molar-refractivity contribution in [3.8, 4) is 11.1 Å². The Kier molecular flexibility index (Phi) is 8.45. The summed E-state index contributed by atoms with van der Waals surface area (Å²) in [6.45, 7) is 4.79. The topological polar surface area (TPSA) is 29.5 Å². The maximum Gasteiger partial charge on any atom is 0.144 e. The van der Waals surface area contributed by atoms with Gasteiger partial charge in [-0.2, -0.15) is 0 Å². The summed E-state index contributed by atoms with van der Waals surface area (Å²) < 4.78 is 16.4. The number of fused-ring (bicyclic) bond motifs is 12. The first kappa shape index (κ1) is 38.6. The molecule has 2 atom stereocenters. The number of para-hydroxylation sites is 1. The quantitative estimate of drug-likeness (QED) is 0.167. The number of thiophene rings is 1. The minimum absolute atomic E-state index is 0.0817. The molecular weight excluding hydrogens is 835 g/mol. The Morgan fingerprint density at radius 2 is 1.36 bits per heavy atom. The highest BCUT2D eigenvalue weighted by atomic mass is 32.1. The van der Waals surface area contributed by atoms with E-state index >= 15 is 0 Å². The van der Waals surface area contributed by atoms with Crippen molar-refractivity contribution in [1.82, 2.24) is 0 Å². The summed E-state index contributed by atoms with van der Waals surface area (Å²) >= 11 is 1.88. The normalized spacial score (nSPS) is 17.6. The third-order valence-corrected chi connectivity index (χ3v) is 16.3. The van der Waals surface area contributed by atoms with Gasteiger partial charge in [-0.1, -0.05) is 165 Å². The highest BCUT2D eigenvalue weighted by Crippen LogP contribution is 2.55. The summed E-state index contributed by atoms with van der Waals surface area (Å²) in [7, 11) is 0. The molecule has 0 N–H and O–H groups in total. The number of hydrogen-bond acceptors (Lipinski definition) is 4. The number of rotatable bonds is 6. The lowest BCUT2D eigenvalue weighted by atomic mass is 9.78. The van der Waals surface area contributed by atoms with E-state index in [1.165, 1.54) is 59.3 Å². The first-order chi connectivity index (χ1) is 33.0. The van der Waals surface area contributed by atoms with Gasteiger partial charge in [0, 0.05) is 81.6 Å². The van der Waals surface area contributed by atoms with E-state index in [-0.39, 0.29) is 5.41 Å². The van der Waals surface area contributed by atoms with Crippen molar-refractivity contribution in [2.45, 2.75) is 43.9 Å². The van der Waals surface area contributed by atoms with Crippen molar-refractivity contribution in [2.24, 2.45) is 0 Å². The van der Waals surface area contributed by atoms with E-state index in [1.807, 2.05) is 11.3 Å². The van der Waals surface area contributed by atoms with Crippen molar-refractivity contribution in [2.75, 3.05) is 4.90 Å². The SMILES string of the molecule is CC1(C)C2=CC(N(c3ccc(-c4cccc5c4sc4ccccc45)cc3)c3ccc4oc5c(C6=CCC(c7ccccc7)C=C6)c6c(cc5c4c3)oc3ccccc36)=CCC2c2ccccc21. The molecule has 0 bridgehead atoms. The lowest BCUT2D eigenvalue weighted by Crippen LogP contribution is -2.22. The fraction of sp³-hybridized carbons (Fsp3) is 0.111. The van der Waals surface area contributed by atoms with Crippen LogP contribution < -0.4 is 4.90 Å². The minimum atomic E-state index is -0.0817. The van der Waals surface area contributed by atoms with Crippen molar-refractivity contribution in [3.63, 3.8) is 0 Å². The molecule has 0 spiro atoms. The van der Waals surface area contributed by atoms with Crippen LogP contribution in [0.1, 0.15) is 60.8 Å². The molecule has 3 aliphatic carbocycles.